The first kappa shape index (κ1) is 30.6. The molecular formula is C27H29BN8O7. The first-order chi connectivity index (χ1) is 20.5. The van der Waals surface area contributed by atoms with Gasteiger partial charge in [0.15, 0.2) is 17.0 Å². The first-order valence-electron chi connectivity index (χ1n) is 13.0. The Bertz CT molecular complexity index is 1620. The fourth-order valence-electron chi connectivity index (χ4n) is 4.04. The van der Waals surface area contributed by atoms with Crippen LogP contribution in [0.15, 0.2) is 54.7 Å². The van der Waals surface area contributed by atoms with Crippen LogP contribution in [-0.4, -0.2) is 73.1 Å². The highest BCUT2D eigenvalue weighted by molar-refractivity contribution is 6.58. The molecule has 0 unspecified atom stereocenters. The molecule has 16 heteroatoms. The zero-order valence-electron chi connectivity index (χ0n) is 23.0. The molecule has 43 heavy (non-hydrogen) atoms. The number of anilines is 3. The van der Waals surface area contributed by atoms with E-state index in [1.807, 2.05) is 11.9 Å². The van der Waals surface area contributed by atoms with Crippen molar-refractivity contribution in [1.82, 2.24) is 25.3 Å². The summed E-state index contributed by atoms with van der Waals surface area (Å²) in [5, 5.41) is 30.3. The number of carbonyl (C=O) groups excluding carboxylic acids is 2. The van der Waals surface area contributed by atoms with Crippen molar-refractivity contribution >= 4 is 59.0 Å². The maximum Gasteiger partial charge on any atom is 0.488 e. The standard InChI is InChI=1S/C27H29BN8O7/c1-36(13-18-12-31-24-22(32-18)23(29)34-27(30)35-24)19-8-4-16(5-9-19)25(38)33-20(26(39)40)10-11-21(37)43-14-15-2-6-17(7-3-15)28(41)42/h2-9,12,20,41-42H,10-11,13-14H2,1H3,(H,33,38)(H,39,40)(H4,29,30,31,34,35)/t20-/m0/s1. The van der Waals surface area contributed by atoms with E-state index in [0.29, 0.717) is 28.8 Å². The third-order valence-electron chi connectivity index (χ3n) is 6.39. The van der Waals surface area contributed by atoms with Gasteiger partial charge in [0, 0.05) is 24.7 Å². The monoisotopic (exact) mass is 588 g/mol. The molecule has 2 heterocycles. The summed E-state index contributed by atoms with van der Waals surface area (Å²) >= 11 is 0. The van der Waals surface area contributed by atoms with Crippen molar-refractivity contribution in [2.45, 2.75) is 32.0 Å². The summed E-state index contributed by atoms with van der Waals surface area (Å²) in [6, 6.07) is 11.3. The number of carbonyl (C=O) groups is 3. The summed E-state index contributed by atoms with van der Waals surface area (Å²) in [5.41, 5.74) is 14.6. The molecule has 1 amide bonds. The van der Waals surface area contributed by atoms with Crippen molar-refractivity contribution in [1.29, 1.82) is 0 Å². The predicted octanol–water partition coefficient (Wildman–Crippen LogP) is -0.393. The number of ether oxygens (including phenoxy) is 1. The smallest absolute Gasteiger partial charge is 0.480 e. The zero-order valence-corrected chi connectivity index (χ0v) is 23.0. The van der Waals surface area contributed by atoms with Crippen LogP contribution in [-0.2, 0) is 27.5 Å². The second-order valence-corrected chi connectivity index (χ2v) is 9.58. The minimum absolute atomic E-state index is 0.00617. The van der Waals surface area contributed by atoms with Gasteiger partial charge in [-0.25, -0.2) is 14.8 Å². The van der Waals surface area contributed by atoms with Crippen LogP contribution in [0.3, 0.4) is 0 Å². The number of benzene rings is 2. The van der Waals surface area contributed by atoms with Crippen LogP contribution < -0.4 is 27.1 Å². The van der Waals surface area contributed by atoms with E-state index in [0.717, 1.165) is 5.69 Å². The average molecular weight is 588 g/mol. The normalized spacial score (nSPS) is 11.5. The van der Waals surface area contributed by atoms with Crippen LogP contribution in [0.5, 0.6) is 0 Å². The molecule has 0 aliphatic heterocycles. The minimum Gasteiger partial charge on any atom is -0.480 e. The van der Waals surface area contributed by atoms with Gasteiger partial charge in [-0.3, -0.25) is 9.59 Å². The molecule has 0 radical (unpaired) electrons. The number of nitrogens with two attached hydrogens (primary N) is 2. The van der Waals surface area contributed by atoms with Gasteiger partial charge in [0.05, 0.1) is 18.4 Å². The Kier molecular flexibility index (Phi) is 9.64. The number of aliphatic carboxylic acids is 1. The van der Waals surface area contributed by atoms with Crippen LogP contribution >= 0.6 is 0 Å². The molecule has 1 atom stereocenters. The summed E-state index contributed by atoms with van der Waals surface area (Å²) in [5.74, 6) is -2.42. The number of carboxylic acids is 1. The maximum absolute atomic E-state index is 12.8. The summed E-state index contributed by atoms with van der Waals surface area (Å²) in [4.78, 5) is 55.1. The predicted molar refractivity (Wildman–Crippen MR) is 157 cm³/mol. The SMILES string of the molecule is CN(Cc1cnc2nc(N)nc(N)c2n1)c1ccc(C(=O)N[C@@H](CCC(=O)OCc2ccc(B(O)O)cc2)C(=O)O)cc1. The van der Waals surface area contributed by atoms with E-state index in [-0.39, 0.29) is 42.4 Å². The molecule has 0 spiro atoms. The topological polar surface area (TPSA) is 240 Å². The molecule has 2 aromatic carbocycles. The van der Waals surface area contributed by atoms with Gasteiger partial charge in [0.2, 0.25) is 5.95 Å². The second kappa shape index (κ2) is 13.5. The quantitative estimate of drug-likeness (QED) is 0.0913. The molecule has 15 nitrogen and oxygen atoms in total. The summed E-state index contributed by atoms with van der Waals surface area (Å²) in [6.45, 7) is 0.281. The van der Waals surface area contributed by atoms with Crippen molar-refractivity contribution in [2.75, 3.05) is 23.4 Å². The number of hydrogen-bond donors (Lipinski definition) is 6. The molecule has 0 saturated heterocycles. The van der Waals surface area contributed by atoms with E-state index in [4.69, 9.17) is 26.3 Å². The van der Waals surface area contributed by atoms with Gasteiger partial charge in [-0.15, -0.1) is 0 Å². The number of nitrogens with one attached hydrogen (secondary N) is 1. The van der Waals surface area contributed by atoms with Gasteiger partial charge in [-0.1, -0.05) is 24.3 Å². The van der Waals surface area contributed by atoms with Crippen molar-refractivity contribution < 1.29 is 34.3 Å². The van der Waals surface area contributed by atoms with Gasteiger partial charge in [0.25, 0.3) is 5.91 Å². The Labute approximate surface area is 245 Å². The van der Waals surface area contributed by atoms with E-state index in [9.17, 15) is 19.5 Å². The lowest BCUT2D eigenvalue weighted by Crippen LogP contribution is -2.41. The van der Waals surface area contributed by atoms with Crippen LogP contribution in [0.4, 0.5) is 17.5 Å². The lowest BCUT2D eigenvalue weighted by molar-refractivity contribution is -0.145. The van der Waals surface area contributed by atoms with Crippen molar-refractivity contribution in [3.8, 4) is 0 Å². The summed E-state index contributed by atoms with van der Waals surface area (Å²) in [7, 11) is 0.214. The Hall–Kier alpha value is -5.35. The number of carboxylic acid groups (broad SMARTS) is 1. The van der Waals surface area contributed by atoms with E-state index in [2.05, 4.69) is 25.3 Å². The minimum atomic E-state index is -1.60. The van der Waals surface area contributed by atoms with Crippen molar-refractivity contribution in [3.05, 3.63) is 71.5 Å². The third kappa shape index (κ3) is 8.11. The molecule has 0 saturated carbocycles. The summed E-state index contributed by atoms with van der Waals surface area (Å²) in [6.07, 6.45) is 1.14. The first-order valence-corrected chi connectivity index (χ1v) is 13.0. The number of nitrogens with zero attached hydrogens (tertiary/aromatic N) is 5. The second-order valence-electron chi connectivity index (χ2n) is 9.58. The Morgan fingerprint density at radius 1 is 1.02 bits per heavy atom. The number of esters is 1. The number of hydrogen-bond acceptors (Lipinski definition) is 13. The zero-order chi connectivity index (χ0) is 31.1. The van der Waals surface area contributed by atoms with E-state index < -0.39 is 31.0 Å². The molecule has 4 aromatic rings. The van der Waals surface area contributed by atoms with Gasteiger partial charge < -0.3 is 41.6 Å². The fraction of sp³-hybridized carbons (Fsp3) is 0.222. The molecule has 0 aliphatic rings. The number of nitrogen functional groups attached to an aromatic ring is 2. The largest absolute Gasteiger partial charge is 0.488 e. The fourth-order valence-corrected chi connectivity index (χ4v) is 4.04. The molecule has 222 valence electrons. The Morgan fingerprint density at radius 2 is 1.72 bits per heavy atom. The third-order valence-corrected chi connectivity index (χ3v) is 6.39. The van der Waals surface area contributed by atoms with E-state index in [1.165, 1.54) is 12.1 Å². The van der Waals surface area contributed by atoms with Crippen LogP contribution in [0.1, 0.15) is 34.5 Å². The number of aromatic nitrogens is 4. The van der Waals surface area contributed by atoms with Gasteiger partial charge in [0.1, 0.15) is 12.6 Å². The molecule has 4 rings (SSSR count). The lowest BCUT2D eigenvalue weighted by Gasteiger charge is -2.19. The molecule has 8 N–H and O–H groups in total. The van der Waals surface area contributed by atoms with Crippen LogP contribution in [0.2, 0.25) is 0 Å². The van der Waals surface area contributed by atoms with Crippen molar-refractivity contribution in [3.63, 3.8) is 0 Å². The maximum atomic E-state index is 12.8. The van der Waals surface area contributed by atoms with Gasteiger partial charge >= 0.3 is 19.1 Å². The molecule has 0 aliphatic carbocycles. The highest BCUT2D eigenvalue weighted by Gasteiger charge is 2.22. The lowest BCUT2D eigenvalue weighted by atomic mass is 9.80. The van der Waals surface area contributed by atoms with Gasteiger partial charge in [-0.05, 0) is 41.7 Å². The average Bonchev–Trinajstić information content (AvgIpc) is 2.98. The highest BCUT2D eigenvalue weighted by Crippen LogP contribution is 2.19. The molecular weight excluding hydrogens is 559 g/mol. The number of fused-ring (bicyclic) bond motifs is 1. The highest BCUT2D eigenvalue weighted by atomic mass is 16.5. The molecule has 0 bridgehead atoms. The molecule has 0 fully saturated rings. The Morgan fingerprint density at radius 3 is 2.37 bits per heavy atom. The van der Waals surface area contributed by atoms with Crippen molar-refractivity contribution in [2.24, 2.45) is 0 Å². The van der Waals surface area contributed by atoms with Crippen LogP contribution in [0, 0.1) is 0 Å². The van der Waals surface area contributed by atoms with E-state index >= 15 is 0 Å². The van der Waals surface area contributed by atoms with Crippen LogP contribution in [0.25, 0.3) is 11.2 Å². The van der Waals surface area contributed by atoms with Gasteiger partial charge in [-0.2, -0.15) is 9.97 Å². The summed E-state index contributed by atoms with van der Waals surface area (Å²) < 4.78 is 5.16. The number of rotatable bonds is 12. The Balaban J connectivity index is 1.29. The molecule has 2 aromatic heterocycles. The van der Waals surface area contributed by atoms with E-state index in [1.54, 1.807) is 42.6 Å². The number of amides is 1.